The van der Waals surface area contributed by atoms with Crippen LogP contribution in [0, 0.1) is 5.92 Å². The largest absolute Gasteiger partial charge is 0.353 e. The Morgan fingerprint density at radius 2 is 1.85 bits per heavy atom. The van der Waals surface area contributed by atoms with Crippen molar-refractivity contribution >= 4 is 17.6 Å². The molecule has 142 valence electrons. The molecule has 7 nitrogen and oxygen atoms in total. The summed E-state index contributed by atoms with van der Waals surface area (Å²) in [7, 11) is 0. The molecule has 1 aliphatic heterocycles. The van der Waals surface area contributed by atoms with Crippen LogP contribution in [0.1, 0.15) is 34.6 Å². The SMILES string of the molecule is CC(C)CNC(=O)c1cncc(C(=O)N2CCN(c3ccccn3)CC2)c1. The van der Waals surface area contributed by atoms with Gasteiger partial charge in [0.05, 0.1) is 11.1 Å². The summed E-state index contributed by atoms with van der Waals surface area (Å²) in [6.45, 7) is 7.33. The smallest absolute Gasteiger partial charge is 0.255 e. The monoisotopic (exact) mass is 367 g/mol. The zero-order chi connectivity index (χ0) is 19.2. The number of carbonyl (C=O) groups is 2. The molecule has 1 saturated heterocycles. The molecule has 3 heterocycles. The Kier molecular flexibility index (Phi) is 6.01. The Morgan fingerprint density at radius 3 is 2.52 bits per heavy atom. The van der Waals surface area contributed by atoms with E-state index >= 15 is 0 Å². The zero-order valence-corrected chi connectivity index (χ0v) is 15.8. The molecule has 1 N–H and O–H groups in total. The summed E-state index contributed by atoms with van der Waals surface area (Å²) in [5, 5.41) is 2.85. The van der Waals surface area contributed by atoms with Gasteiger partial charge in [-0.1, -0.05) is 19.9 Å². The van der Waals surface area contributed by atoms with Gasteiger partial charge in [0.2, 0.25) is 0 Å². The Balaban J connectivity index is 1.61. The number of aromatic nitrogens is 2. The average Bonchev–Trinajstić information content (AvgIpc) is 2.72. The third-order valence-electron chi connectivity index (χ3n) is 4.46. The van der Waals surface area contributed by atoms with Crippen molar-refractivity contribution in [3.8, 4) is 0 Å². The predicted molar refractivity (Wildman–Crippen MR) is 104 cm³/mol. The molecule has 0 saturated carbocycles. The molecule has 2 amide bonds. The first-order valence-corrected chi connectivity index (χ1v) is 9.23. The van der Waals surface area contributed by atoms with Gasteiger partial charge in [0.15, 0.2) is 0 Å². The summed E-state index contributed by atoms with van der Waals surface area (Å²) >= 11 is 0. The maximum absolute atomic E-state index is 12.8. The maximum atomic E-state index is 12.8. The summed E-state index contributed by atoms with van der Waals surface area (Å²) in [6, 6.07) is 7.44. The highest BCUT2D eigenvalue weighted by Crippen LogP contribution is 2.15. The van der Waals surface area contributed by atoms with Crippen LogP contribution >= 0.6 is 0 Å². The molecule has 7 heteroatoms. The third-order valence-corrected chi connectivity index (χ3v) is 4.46. The number of carbonyl (C=O) groups excluding carboxylic acids is 2. The van der Waals surface area contributed by atoms with Gasteiger partial charge in [-0.15, -0.1) is 0 Å². The minimum atomic E-state index is -0.203. The Hall–Kier alpha value is -2.96. The molecular weight excluding hydrogens is 342 g/mol. The molecule has 0 radical (unpaired) electrons. The summed E-state index contributed by atoms with van der Waals surface area (Å²) in [5.41, 5.74) is 0.854. The van der Waals surface area contributed by atoms with E-state index in [1.807, 2.05) is 32.0 Å². The molecule has 1 fully saturated rings. The van der Waals surface area contributed by atoms with Gasteiger partial charge in [0, 0.05) is 51.3 Å². The second-order valence-electron chi connectivity index (χ2n) is 7.03. The van der Waals surface area contributed by atoms with Gasteiger partial charge in [-0.05, 0) is 24.1 Å². The molecule has 0 unspecified atom stereocenters. The fraction of sp³-hybridized carbons (Fsp3) is 0.400. The Morgan fingerprint density at radius 1 is 1.11 bits per heavy atom. The number of hydrogen-bond acceptors (Lipinski definition) is 5. The fourth-order valence-corrected chi connectivity index (χ4v) is 2.94. The van der Waals surface area contributed by atoms with Crippen LogP contribution in [0.4, 0.5) is 5.82 Å². The molecule has 0 spiro atoms. The van der Waals surface area contributed by atoms with Gasteiger partial charge >= 0.3 is 0 Å². The minimum Gasteiger partial charge on any atom is -0.353 e. The van der Waals surface area contributed by atoms with E-state index in [0.29, 0.717) is 36.7 Å². The molecule has 0 bridgehead atoms. The zero-order valence-electron chi connectivity index (χ0n) is 15.8. The number of hydrogen-bond donors (Lipinski definition) is 1. The highest BCUT2D eigenvalue weighted by molar-refractivity contribution is 5.99. The molecule has 27 heavy (non-hydrogen) atoms. The van der Waals surface area contributed by atoms with Crippen molar-refractivity contribution < 1.29 is 9.59 Å². The predicted octanol–water partition coefficient (Wildman–Crippen LogP) is 1.82. The van der Waals surface area contributed by atoms with Gasteiger partial charge in [0.25, 0.3) is 11.8 Å². The summed E-state index contributed by atoms with van der Waals surface area (Å²) in [6.07, 6.45) is 4.78. The van der Waals surface area contributed by atoms with Gasteiger partial charge < -0.3 is 15.1 Å². The van der Waals surface area contributed by atoms with E-state index < -0.39 is 0 Å². The highest BCUT2D eigenvalue weighted by atomic mass is 16.2. The number of pyridine rings is 2. The summed E-state index contributed by atoms with van der Waals surface area (Å²) in [4.78, 5) is 37.4. The number of piperazine rings is 1. The van der Waals surface area contributed by atoms with Crippen LogP contribution in [0.3, 0.4) is 0 Å². The number of amides is 2. The normalized spacial score (nSPS) is 14.3. The molecular formula is C20H25N5O2. The lowest BCUT2D eigenvalue weighted by atomic mass is 10.1. The Labute approximate surface area is 159 Å². The van der Waals surface area contributed by atoms with Gasteiger partial charge in [-0.2, -0.15) is 0 Å². The number of nitrogens with zero attached hydrogens (tertiary/aromatic N) is 4. The average molecular weight is 367 g/mol. The van der Waals surface area contributed by atoms with Crippen molar-refractivity contribution in [3.05, 3.63) is 54.0 Å². The van der Waals surface area contributed by atoms with Crippen LogP contribution in [0.25, 0.3) is 0 Å². The van der Waals surface area contributed by atoms with Crippen LogP contribution in [0.5, 0.6) is 0 Å². The van der Waals surface area contributed by atoms with Crippen molar-refractivity contribution in [1.29, 1.82) is 0 Å². The lowest BCUT2D eigenvalue weighted by Gasteiger charge is -2.35. The summed E-state index contributed by atoms with van der Waals surface area (Å²) < 4.78 is 0. The van der Waals surface area contributed by atoms with E-state index in [-0.39, 0.29) is 11.8 Å². The lowest BCUT2D eigenvalue weighted by Crippen LogP contribution is -2.49. The number of nitrogens with one attached hydrogen (secondary N) is 1. The number of anilines is 1. The minimum absolute atomic E-state index is 0.0957. The van der Waals surface area contributed by atoms with Crippen LogP contribution in [0.2, 0.25) is 0 Å². The van der Waals surface area contributed by atoms with E-state index in [9.17, 15) is 9.59 Å². The van der Waals surface area contributed by atoms with Gasteiger partial charge in [0.1, 0.15) is 5.82 Å². The van der Waals surface area contributed by atoms with Crippen molar-refractivity contribution in [2.75, 3.05) is 37.6 Å². The molecule has 2 aromatic heterocycles. The van der Waals surface area contributed by atoms with Gasteiger partial charge in [-0.25, -0.2) is 4.98 Å². The van der Waals surface area contributed by atoms with Crippen LogP contribution < -0.4 is 10.2 Å². The van der Waals surface area contributed by atoms with Crippen LogP contribution in [-0.4, -0.2) is 59.4 Å². The molecule has 0 atom stereocenters. The molecule has 3 rings (SSSR count). The molecule has 2 aromatic rings. The fourth-order valence-electron chi connectivity index (χ4n) is 2.94. The number of rotatable bonds is 5. The van der Waals surface area contributed by atoms with E-state index in [0.717, 1.165) is 18.9 Å². The quantitative estimate of drug-likeness (QED) is 0.872. The molecule has 0 aliphatic carbocycles. The van der Waals surface area contributed by atoms with E-state index in [2.05, 4.69) is 20.2 Å². The lowest BCUT2D eigenvalue weighted by molar-refractivity contribution is 0.0746. The van der Waals surface area contributed by atoms with Crippen LogP contribution in [-0.2, 0) is 0 Å². The third kappa shape index (κ3) is 4.81. The highest BCUT2D eigenvalue weighted by Gasteiger charge is 2.23. The van der Waals surface area contributed by atoms with Crippen LogP contribution in [0.15, 0.2) is 42.9 Å². The van der Waals surface area contributed by atoms with Crippen molar-refractivity contribution in [1.82, 2.24) is 20.2 Å². The standard InChI is InChI=1S/C20H25N5O2/c1-15(2)12-23-19(26)16-11-17(14-21-13-16)20(27)25-9-7-24(8-10-25)18-5-3-4-6-22-18/h3-6,11,13-15H,7-10,12H2,1-2H3,(H,23,26). The topological polar surface area (TPSA) is 78.4 Å². The van der Waals surface area contributed by atoms with E-state index in [1.165, 1.54) is 12.4 Å². The van der Waals surface area contributed by atoms with E-state index in [4.69, 9.17) is 0 Å². The van der Waals surface area contributed by atoms with E-state index in [1.54, 1.807) is 17.2 Å². The first-order valence-electron chi connectivity index (χ1n) is 9.23. The van der Waals surface area contributed by atoms with Crippen molar-refractivity contribution in [3.63, 3.8) is 0 Å². The summed E-state index contributed by atoms with van der Waals surface area (Å²) in [5.74, 6) is 0.990. The first kappa shape index (κ1) is 18.8. The first-order chi connectivity index (χ1) is 13.0. The second-order valence-corrected chi connectivity index (χ2v) is 7.03. The van der Waals surface area contributed by atoms with Crippen molar-refractivity contribution in [2.45, 2.75) is 13.8 Å². The van der Waals surface area contributed by atoms with Crippen molar-refractivity contribution in [2.24, 2.45) is 5.92 Å². The molecule has 0 aromatic carbocycles. The Bertz CT molecular complexity index is 786. The molecule has 1 aliphatic rings. The second kappa shape index (κ2) is 8.62. The maximum Gasteiger partial charge on any atom is 0.255 e. The van der Waals surface area contributed by atoms with Gasteiger partial charge in [-0.3, -0.25) is 14.6 Å².